The van der Waals surface area contributed by atoms with Gasteiger partial charge in [0.05, 0.1) is 5.56 Å². The number of hydrogen-bond donors (Lipinski definition) is 2. The van der Waals surface area contributed by atoms with Crippen molar-refractivity contribution in [2.75, 3.05) is 31.6 Å². The molecular formula is C19H20N4O4. The number of carbonyl (C=O) groups excluding carboxylic acids is 1. The molecule has 0 unspecified atom stereocenters. The third-order valence-electron chi connectivity index (χ3n) is 5.27. The molecule has 4 rings (SSSR count). The van der Waals surface area contributed by atoms with Gasteiger partial charge in [-0.15, -0.1) is 0 Å². The molecule has 2 atom stereocenters. The highest BCUT2D eigenvalue weighted by atomic mass is 16.5. The average Bonchev–Trinajstić information content (AvgIpc) is 3.10. The molecule has 0 radical (unpaired) electrons. The number of para-hydroxylation sites is 1. The van der Waals surface area contributed by atoms with Crippen molar-refractivity contribution < 1.29 is 19.4 Å². The van der Waals surface area contributed by atoms with Gasteiger partial charge in [-0.2, -0.15) is 0 Å². The maximum atomic E-state index is 12.9. The Morgan fingerprint density at radius 2 is 2.07 bits per heavy atom. The van der Waals surface area contributed by atoms with E-state index in [2.05, 4.69) is 15.3 Å². The topological polar surface area (TPSA) is 105 Å². The van der Waals surface area contributed by atoms with Crippen LogP contribution in [0, 0.1) is 5.41 Å². The van der Waals surface area contributed by atoms with Gasteiger partial charge in [-0.05, 0) is 13.0 Å². The summed E-state index contributed by atoms with van der Waals surface area (Å²) in [5.74, 6) is -0.395. The fourth-order valence-electron chi connectivity index (χ4n) is 3.86. The molecule has 140 valence electrons. The molecule has 2 N–H and O–H groups in total. The largest absolute Gasteiger partial charge is 0.492 e. The smallest absolute Gasteiger partial charge is 0.315 e. The second-order valence-corrected chi connectivity index (χ2v) is 6.85. The molecule has 0 aliphatic carbocycles. The number of hydrogen-bond acceptors (Lipinski definition) is 6. The van der Waals surface area contributed by atoms with Crippen LogP contribution in [-0.4, -0.2) is 58.1 Å². The Labute approximate surface area is 156 Å². The summed E-state index contributed by atoms with van der Waals surface area (Å²) in [4.78, 5) is 34.9. The molecule has 3 heterocycles. The summed E-state index contributed by atoms with van der Waals surface area (Å²) in [5.41, 5.74) is 0.0272. The van der Waals surface area contributed by atoms with Crippen LogP contribution in [0.5, 0.6) is 5.75 Å². The number of aliphatic carboxylic acids is 1. The summed E-state index contributed by atoms with van der Waals surface area (Å²) in [6, 6.07) is 7.42. The number of ether oxygens (including phenoxy) is 1. The number of rotatable bonds is 4. The zero-order valence-electron chi connectivity index (χ0n) is 14.9. The summed E-state index contributed by atoms with van der Waals surface area (Å²) >= 11 is 0. The molecule has 1 amide bonds. The lowest BCUT2D eigenvalue weighted by molar-refractivity contribution is -0.151. The van der Waals surface area contributed by atoms with E-state index in [1.54, 1.807) is 4.90 Å². The van der Waals surface area contributed by atoms with E-state index in [1.165, 1.54) is 12.4 Å². The fourth-order valence-corrected chi connectivity index (χ4v) is 3.86. The van der Waals surface area contributed by atoms with Crippen molar-refractivity contribution in [1.29, 1.82) is 0 Å². The minimum atomic E-state index is -1.14. The standard InChI is InChI=1S/C19H20N4O4/c1-2-20-18-21-7-12(8-22-18)16(24)23-9-14-13-5-3-4-6-15(13)27-11-19(14,10-23)17(25)26/h3-8,14H,2,9-11H2,1H3,(H,25,26)(H,20,21,22)/t14-,19-/m1/s1. The van der Waals surface area contributed by atoms with Crippen LogP contribution < -0.4 is 10.1 Å². The molecular weight excluding hydrogens is 348 g/mol. The molecule has 1 aromatic carbocycles. The zero-order chi connectivity index (χ0) is 19.0. The fraction of sp³-hybridized carbons (Fsp3) is 0.368. The first-order valence-electron chi connectivity index (χ1n) is 8.85. The SMILES string of the molecule is CCNc1ncc(C(=O)N2C[C@@H]3c4ccccc4OC[C@]3(C(=O)O)C2)cn1. The van der Waals surface area contributed by atoms with E-state index in [-0.39, 0.29) is 25.0 Å². The second-order valence-electron chi connectivity index (χ2n) is 6.85. The van der Waals surface area contributed by atoms with Gasteiger partial charge >= 0.3 is 5.97 Å². The molecule has 8 nitrogen and oxygen atoms in total. The van der Waals surface area contributed by atoms with E-state index in [1.807, 2.05) is 31.2 Å². The molecule has 0 spiro atoms. The average molecular weight is 368 g/mol. The van der Waals surface area contributed by atoms with Gasteiger partial charge in [0.15, 0.2) is 0 Å². The zero-order valence-corrected chi connectivity index (χ0v) is 14.9. The Morgan fingerprint density at radius 3 is 2.78 bits per heavy atom. The Hall–Kier alpha value is -3.16. The highest BCUT2D eigenvalue weighted by Gasteiger charge is 2.57. The minimum Gasteiger partial charge on any atom is -0.492 e. The summed E-state index contributed by atoms with van der Waals surface area (Å²) in [6.45, 7) is 3.07. The van der Waals surface area contributed by atoms with Crippen LogP contribution in [0.25, 0.3) is 0 Å². The Kier molecular flexibility index (Phi) is 4.18. The monoisotopic (exact) mass is 368 g/mol. The van der Waals surface area contributed by atoms with E-state index in [4.69, 9.17) is 4.74 Å². The number of fused-ring (bicyclic) bond motifs is 3. The normalized spacial score (nSPS) is 23.1. The van der Waals surface area contributed by atoms with Gasteiger partial charge in [-0.3, -0.25) is 9.59 Å². The number of anilines is 1. The lowest BCUT2D eigenvalue weighted by Gasteiger charge is -2.35. The summed E-state index contributed by atoms with van der Waals surface area (Å²) in [5, 5.41) is 12.9. The lowest BCUT2D eigenvalue weighted by Crippen LogP contribution is -2.46. The van der Waals surface area contributed by atoms with Crippen molar-refractivity contribution in [2.45, 2.75) is 12.8 Å². The third-order valence-corrected chi connectivity index (χ3v) is 5.27. The van der Waals surface area contributed by atoms with Crippen LogP contribution in [-0.2, 0) is 4.79 Å². The van der Waals surface area contributed by atoms with E-state index in [9.17, 15) is 14.7 Å². The number of carboxylic acid groups (broad SMARTS) is 1. The summed E-state index contributed by atoms with van der Waals surface area (Å²) in [7, 11) is 0. The van der Waals surface area contributed by atoms with Gasteiger partial charge in [0.25, 0.3) is 5.91 Å². The van der Waals surface area contributed by atoms with E-state index in [0.717, 1.165) is 5.56 Å². The number of nitrogens with one attached hydrogen (secondary N) is 1. The quantitative estimate of drug-likeness (QED) is 0.845. The van der Waals surface area contributed by atoms with Crippen LogP contribution in [0.15, 0.2) is 36.7 Å². The predicted octanol–water partition coefficient (Wildman–Crippen LogP) is 1.61. The number of benzene rings is 1. The summed E-state index contributed by atoms with van der Waals surface area (Å²) < 4.78 is 5.73. The number of carboxylic acids is 1. The molecule has 2 aliphatic rings. The molecule has 1 aromatic heterocycles. The van der Waals surface area contributed by atoms with Gasteiger partial charge in [0.1, 0.15) is 17.8 Å². The van der Waals surface area contributed by atoms with E-state index in [0.29, 0.717) is 30.4 Å². The predicted molar refractivity (Wildman–Crippen MR) is 96.8 cm³/mol. The first-order chi connectivity index (χ1) is 13.0. The van der Waals surface area contributed by atoms with Gasteiger partial charge in [-0.25, -0.2) is 9.97 Å². The molecule has 8 heteroatoms. The van der Waals surface area contributed by atoms with Crippen molar-refractivity contribution in [3.8, 4) is 5.75 Å². The molecule has 27 heavy (non-hydrogen) atoms. The van der Waals surface area contributed by atoms with Crippen molar-refractivity contribution in [1.82, 2.24) is 14.9 Å². The number of amides is 1. The molecule has 1 fully saturated rings. The Morgan fingerprint density at radius 1 is 1.33 bits per heavy atom. The van der Waals surface area contributed by atoms with Gasteiger partial charge in [0.2, 0.25) is 5.95 Å². The maximum Gasteiger partial charge on any atom is 0.315 e. The maximum absolute atomic E-state index is 12.9. The van der Waals surface area contributed by atoms with Crippen molar-refractivity contribution in [3.63, 3.8) is 0 Å². The summed E-state index contributed by atoms with van der Waals surface area (Å²) in [6.07, 6.45) is 2.93. The van der Waals surface area contributed by atoms with Crippen LogP contribution >= 0.6 is 0 Å². The molecule has 1 saturated heterocycles. The number of likely N-dealkylation sites (tertiary alicyclic amines) is 1. The van der Waals surface area contributed by atoms with Crippen LogP contribution in [0.2, 0.25) is 0 Å². The van der Waals surface area contributed by atoms with E-state index >= 15 is 0 Å². The highest BCUT2D eigenvalue weighted by molar-refractivity contribution is 5.95. The van der Waals surface area contributed by atoms with Gasteiger partial charge in [-0.1, -0.05) is 18.2 Å². The van der Waals surface area contributed by atoms with Crippen LogP contribution in [0.4, 0.5) is 5.95 Å². The van der Waals surface area contributed by atoms with Crippen molar-refractivity contribution in [2.24, 2.45) is 5.41 Å². The molecule has 0 bridgehead atoms. The number of nitrogens with zero attached hydrogens (tertiary/aromatic N) is 3. The second kappa shape index (κ2) is 6.53. The van der Waals surface area contributed by atoms with Gasteiger partial charge < -0.3 is 20.1 Å². The van der Waals surface area contributed by atoms with Crippen LogP contribution in [0.1, 0.15) is 28.8 Å². The van der Waals surface area contributed by atoms with Crippen molar-refractivity contribution in [3.05, 3.63) is 47.8 Å². The van der Waals surface area contributed by atoms with Crippen LogP contribution in [0.3, 0.4) is 0 Å². The Bertz CT molecular complexity index is 886. The van der Waals surface area contributed by atoms with E-state index < -0.39 is 11.4 Å². The first kappa shape index (κ1) is 17.3. The lowest BCUT2D eigenvalue weighted by atomic mass is 9.73. The number of carbonyl (C=O) groups is 2. The molecule has 0 saturated carbocycles. The minimum absolute atomic E-state index is 0.0453. The highest BCUT2D eigenvalue weighted by Crippen LogP contribution is 2.49. The molecule has 2 aromatic rings. The molecule has 2 aliphatic heterocycles. The third kappa shape index (κ3) is 2.77. The first-order valence-corrected chi connectivity index (χ1v) is 8.85. The number of aromatic nitrogens is 2. The Balaban J connectivity index is 1.63. The van der Waals surface area contributed by atoms with Crippen molar-refractivity contribution >= 4 is 17.8 Å². The van der Waals surface area contributed by atoms with Gasteiger partial charge in [0, 0.05) is 43.5 Å².